The van der Waals surface area contributed by atoms with Gasteiger partial charge in [0.1, 0.15) is 11.7 Å². The zero-order valence-corrected chi connectivity index (χ0v) is 15.3. The van der Waals surface area contributed by atoms with Crippen LogP contribution in [0.3, 0.4) is 0 Å². The molecular formula is C19H25N7. The number of rotatable bonds is 6. The lowest BCUT2D eigenvalue weighted by Crippen LogP contribution is -2.27. The summed E-state index contributed by atoms with van der Waals surface area (Å²) in [6, 6.07) is 0. The highest BCUT2D eigenvalue weighted by molar-refractivity contribution is 5.97. The average Bonchev–Trinajstić information content (AvgIpc) is 2.63. The highest BCUT2D eigenvalue weighted by Gasteiger charge is 2.17. The van der Waals surface area contributed by atoms with Crippen LogP contribution in [0.4, 0.5) is 0 Å². The maximum atomic E-state index is 7.33. The van der Waals surface area contributed by atoms with Crippen LogP contribution in [0.5, 0.6) is 0 Å². The Kier molecular flexibility index (Phi) is 6.32. The van der Waals surface area contributed by atoms with E-state index in [1.54, 1.807) is 19.3 Å². The number of fused-ring (bicyclic) bond motifs is 1. The molecule has 0 saturated heterocycles. The maximum Gasteiger partial charge on any atom is 0.132 e. The van der Waals surface area contributed by atoms with Gasteiger partial charge in [0, 0.05) is 42.5 Å². The third kappa shape index (κ3) is 4.60. The number of allylic oxidation sites excluding steroid dienone is 7. The first-order chi connectivity index (χ1) is 12.5. The molecule has 136 valence electrons. The summed E-state index contributed by atoms with van der Waals surface area (Å²) in [6.45, 7) is 3.81. The highest BCUT2D eigenvalue weighted by Crippen LogP contribution is 2.23. The van der Waals surface area contributed by atoms with E-state index in [0.717, 1.165) is 34.5 Å². The van der Waals surface area contributed by atoms with Crippen LogP contribution in [0.1, 0.15) is 20.3 Å². The molecule has 26 heavy (non-hydrogen) atoms. The van der Waals surface area contributed by atoms with Crippen LogP contribution >= 0.6 is 0 Å². The van der Waals surface area contributed by atoms with Gasteiger partial charge in [-0.2, -0.15) is 0 Å². The molecule has 0 amide bonds. The molecule has 0 aromatic carbocycles. The third-order valence-corrected chi connectivity index (χ3v) is 3.81. The predicted molar refractivity (Wildman–Crippen MR) is 109 cm³/mol. The number of amidine groups is 1. The number of nitrogens with one attached hydrogen (secondary N) is 3. The minimum atomic E-state index is 0.345. The van der Waals surface area contributed by atoms with E-state index < -0.39 is 0 Å². The van der Waals surface area contributed by atoms with Gasteiger partial charge in [-0.15, -0.1) is 0 Å². The van der Waals surface area contributed by atoms with Gasteiger partial charge < -0.3 is 27.5 Å². The second-order valence-electron chi connectivity index (χ2n) is 5.80. The molecule has 2 rings (SSSR count). The molecule has 7 nitrogen and oxygen atoms in total. The Morgan fingerprint density at radius 1 is 1.27 bits per heavy atom. The predicted octanol–water partition coefficient (Wildman–Crippen LogP) is 1.96. The zero-order chi connectivity index (χ0) is 19.1. The third-order valence-electron chi connectivity index (χ3n) is 3.81. The molecule has 0 aromatic heterocycles. The number of nitrogens with zero attached hydrogens (tertiary/aromatic N) is 2. The van der Waals surface area contributed by atoms with E-state index >= 15 is 0 Å². The minimum absolute atomic E-state index is 0.345. The number of nitrogens with two attached hydrogens (primary N) is 2. The largest absolute Gasteiger partial charge is 0.402 e. The van der Waals surface area contributed by atoms with Crippen molar-refractivity contribution in [3.63, 3.8) is 0 Å². The quantitative estimate of drug-likeness (QED) is 0.370. The van der Waals surface area contributed by atoms with E-state index in [2.05, 4.69) is 20.6 Å². The Labute approximate surface area is 153 Å². The van der Waals surface area contributed by atoms with Crippen LogP contribution in [0.25, 0.3) is 0 Å². The zero-order valence-electron chi connectivity index (χ0n) is 15.3. The van der Waals surface area contributed by atoms with Crippen LogP contribution in [-0.2, 0) is 0 Å². The van der Waals surface area contributed by atoms with Gasteiger partial charge in [0.05, 0.1) is 11.4 Å². The second-order valence-corrected chi connectivity index (χ2v) is 5.80. The van der Waals surface area contributed by atoms with E-state index in [1.807, 2.05) is 38.3 Å². The Hall–Kier alpha value is -3.35. The summed E-state index contributed by atoms with van der Waals surface area (Å²) >= 11 is 0. The van der Waals surface area contributed by atoms with Crippen molar-refractivity contribution < 1.29 is 0 Å². The molecule has 0 spiro atoms. The monoisotopic (exact) mass is 351 g/mol. The topological polar surface area (TPSA) is 125 Å². The van der Waals surface area contributed by atoms with E-state index in [1.165, 1.54) is 6.21 Å². The molecular weight excluding hydrogens is 326 g/mol. The Morgan fingerprint density at radius 3 is 2.65 bits per heavy atom. The summed E-state index contributed by atoms with van der Waals surface area (Å²) in [7, 11) is 1.71. The van der Waals surface area contributed by atoms with Crippen molar-refractivity contribution in [3.8, 4) is 0 Å². The summed E-state index contributed by atoms with van der Waals surface area (Å²) in [5.41, 5.74) is 17.0. The van der Waals surface area contributed by atoms with Crippen molar-refractivity contribution >= 4 is 18.3 Å². The second kappa shape index (κ2) is 8.66. The van der Waals surface area contributed by atoms with Crippen molar-refractivity contribution in [1.82, 2.24) is 10.6 Å². The fourth-order valence-corrected chi connectivity index (χ4v) is 2.45. The van der Waals surface area contributed by atoms with Crippen molar-refractivity contribution in [3.05, 3.63) is 70.1 Å². The van der Waals surface area contributed by atoms with E-state index in [9.17, 15) is 0 Å². The molecule has 0 saturated carbocycles. The molecule has 0 fully saturated rings. The molecule has 0 bridgehead atoms. The van der Waals surface area contributed by atoms with Crippen LogP contribution in [-0.4, -0.2) is 25.3 Å². The molecule has 2 aliphatic rings. The fraction of sp³-hybridized carbons (Fsp3) is 0.211. The molecule has 7 heteroatoms. The first-order valence-corrected chi connectivity index (χ1v) is 8.30. The molecule has 0 radical (unpaired) electrons. The van der Waals surface area contributed by atoms with Gasteiger partial charge in [-0.1, -0.05) is 6.92 Å². The van der Waals surface area contributed by atoms with Crippen molar-refractivity contribution in [2.75, 3.05) is 7.05 Å². The highest BCUT2D eigenvalue weighted by atomic mass is 15.1. The van der Waals surface area contributed by atoms with Gasteiger partial charge in [0.15, 0.2) is 0 Å². The lowest BCUT2D eigenvalue weighted by Gasteiger charge is -2.23. The summed E-state index contributed by atoms with van der Waals surface area (Å²) in [6.07, 6.45) is 13.1. The molecule has 2 heterocycles. The summed E-state index contributed by atoms with van der Waals surface area (Å²) < 4.78 is 0. The fourth-order valence-electron chi connectivity index (χ4n) is 2.45. The lowest BCUT2D eigenvalue weighted by atomic mass is 10.0. The van der Waals surface area contributed by atoms with E-state index in [0.29, 0.717) is 17.4 Å². The Balaban J connectivity index is 2.27. The normalized spacial score (nSPS) is 18.6. The summed E-state index contributed by atoms with van der Waals surface area (Å²) in [5.74, 6) is 0.967. The van der Waals surface area contributed by atoms with Gasteiger partial charge in [-0.3, -0.25) is 4.99 Å². The van der Waals surface area contributed by atoms with Gasteiger partial charge in [0.25, 0.3) is 0 Å². The molecule has 0 unspecified atom stereocenters. The standard InChI is InChI=1S/C19H25N7/c1-4-13(9-20)7-18(22)26-19-6-5-16-17(25-19)8-14(10-24-16)15(11-23-3)12(2)21/h5-11,20,24-25H,4,21H2,1-3H3,(H2,22,26). The van der Waals surface area contributed by atoms with Crippen molar-refractivity contribution in [1.29, 1.82) is 5.41 Å². The van der Waals surface area contributed by atoms with Gasteiger partial charge in [-0.25, -0.2) is 4.99 Å². The number of hydrogen-bond donors (Lipinski definition) is 5. The molecule has 2 aliphatic heterocycles. The van der Waals surface area contributed by atoms with Gasteiger partial charge >= 0.3 is 0 Å². The van der Waals surface area contributed by atoms with E-state index in [-0.39, 0.29) is 0 Å². The van der Waals surface area contributed by atoms with Crippen LogP contribution in [0, 0.1) is 5.41 Å². The molecule has 7 N–H and O–H groups in total. The SMILES string of the molecule is CCC(C=N)=CC(N)=NC1=CC=C2NC=C(C(C=NC)=C(C)N)C=C2N1. The van der Waals surface area contributed by atoms with Crippen LogP contribution in [0.2, 0.25) is 0 Å². The van der Waals surface area contributed by atoms with Gasteiger partial charge in [-0.05, 0) is 43.2 Å². The summed E-state index contributed by atoms with van der Waals surface area (Å²) in [5, 5.41) is 13.8. The summed E-state index contributed by atoms with van der Waals surface area (Å²) in [4.78, 5) is 8.44. The molecule has 0 aromatic rings. The van der Waals surface area contributed by atoms with Crippen molar-refractivity contribution in [2.24, 2.45) is 21.5 Å². The Morgan fingerprint density at radius 2 is 2.04 bits per heavy atom. The molecule has 0 aliphatic carbocycles. The minimum Gasteiger partial charge on any atom is -0.402 e. The average molecular weight is 351 g/mol. The number of hydrogen-bond acceptors (Lipinski definition) is 6. The Bertz CT molecular complexity index is 826. The smallest absolute Gasteiger partial charge is 0.132 e. The first-order valence-electron chi connectivity index (χ1n) is 8.30. The van der Waals surface area contributed by atoms with Crippen molar-refractivity contribution in [2.45, 2.75) is 20.3 Å². The van der Waals surface area contributed by atoms with Crippen LogP contribution in [0.15, 0.2) is 80.1 Å². The number of dihydropyridines is 2. The maximum absolute atomic E-state index is 7.33. The molecule has 0 atom stereocenters. The van der Waals surface area contributed by atoms with Gasteiger partial charge in [0.2, 0.25) is 0 Å². The first kappa shape index (κ1) is 19.0. The van der Waals surface area contributed by atoms with E-state index in [4.69, 9.17) is 16.9 Å². The number of aliphatic imine (C=N–C) groups is 2. The van der Waals surface area contributed by atoms with Crippen LogP contribution < -0.4 is 22.1 Å². The lowest BCUT2D eigenvalue weighted by molar-refractivity contribution is 0.875.